The van der Waals surface area contributed by atoms with Crippen LogP contribution in [0.5, 0.6) is 0 Å². The molecule has 0 aliphatic heterocycles. The Balaban J connectivity index is 1.96. The number of nitrogens with two attached hydrogens (primary N) is 1. The van der Waals surface area contributed by atoms with Crippen LogP contribution in [0.25, 0.3) is 0 Å². The average Bonchev–Trinajstić information content (AvgIpc) is 2.62. The van der Waals surface area contributed by atoms with Crippen molar-refractivity contribution in [2.45, 2.75) is 19.4 Å². The number of rotatable bonds is 7. The van der Waals surface area contributed by atoms with Gasteiger partial charge in [0.05, 0.1) is 7.11 Å². The highest BCUT2D eigenvalue weighted by atomic mass is 35.5. The summed E-state index contributed by atoms with van der Waals surface area (Å²) in [5.41, 5.74) is 2.50. The second-order valence-corrected chi connectivity index (χ2v) is 6.13. The van der Waals surface area contributed by atoms with Gasteiger partial charge < -0.3 is 15.4 Å². The van der Waals surface area contributed by atoms with Crippen molar-refractivity contribution < 1.29 is 19.6 Å². The minimum Gasteiger partial charge on any atom is -0.465 e. The Kier molecular flexibility index (Phi) is 6.98. The summed E-state index contributed by atoms with van der Waals surface area (Å²) in [5, 5.41) is 5.10. The fourth-order valence-corrected chi connectivity index (χ4v) is 2.65. The van der Waals surface area contributed by atoms with E-state index in [1.807, 2.05) is 37.3 Å². The summed E-state index contributed by atoms with van der Waals surface area (Å²) in [7, 11) is 1.35. The molecule has 0 radical (unpaired) electrons. The smallest absolute Gasteiger partial charge is 0.364 e. The van der Waals surface area contributed by atoms with Crippen LogP contribution in [0.3, 0.4) is 0 Å². The molecule has 0 fully saturated rings. The van der Waals surface area contributed by atoms with Crippen LogP contribution < -0.4 is 10.6 Å². The maximum Gasteiger partial charge on any atom is 0.364 e. The van der Waals surface area contributed by atoms with Crippen LogP contribution >= 0.6 is 11.6 Å². The molecule has 0 bridgehead atoms. The fourth-order valence-electron chi connectivity index (χ4n) is 2.48. The molecule has 6 heteroatoms. The summed E-state index contributed by atoms with van der Waals surface area (Å²) >= 11 is 6.06. The number of halogens is 1. The van der Waals surface area contributed by atoms with Gasteiger partial charge in [-0.1, -0.05) is 48.0 Å². The second-order valence-electron chi connectivity index (χ2n) is 5.72. The molecule has 5 nitrogen and oxygen atoms in total. The lowest BCUT2D eigenvalue weighted by Gasteiger charge is -2.14. The molecule has 1 amide bonds. The maximum atomic E-state index is 12.2. The summed E-state index contributed by atoms with van der Waals surface area (Å²) in [4.78, 5) is 24.2. The van der Waals surface area contributed by atoms with Gasteiger partial charge in [0.15, 0.2) is 12.6 Å². The largest absolute Gasteiger partial charge is 0.465 e. The molecule has 2 aromatic rings. The number of esters is 1. The van der Waals surface area contributed by atoms with Crippen molar-refractivity contribution in [3.63, 3.8) is 0 Å². The minimum atomic E-state index is -0.474. The van der Waals surface area contributed by atoms with Gasteiger partial charge in [-0.05, 0) is 30.2 Å². The van der Waals surface area contributed by atoms with Crippen LogP contribution in [-0.4, -0.2) is 31.6 Å². The van der Waals surface area contributed by atoms with Crippen molar-refractivity contribution in [2.75, 3.05) is 19.0 Å². The normalized spacial score (nSPS) is 11.6. The van der Waals surface area contributed by atoms with Crippen LogP contribution in [-0.2, 0) is 20.7 Å². The van der Waals surface area contributed by atoms with Crippen molar-refractivity contribution in [3.05, 3.63) is 64.7 Å². The Morgan fingerprint density at radius 3 is 2.56 bits per heavy atom. The van der Waals surface area contributed by atoms with E-state index in [0.29, 0.717) is 17.1 Å². The third-order valence-corrected chi connectivity index (χ3v) is 4.34. The molecule has 0 unspecified atom stereocenters. The van der Waals surface area contributed by atoms with E-state index >= 15 is 0 Å². The molecule has 0 aromatic heterocycles. The summed E-state index contributed by atoms with van der Waals surface area (Å²) in [6, 6.07) is 14.5. The van der Waals surface area contributed by atoms with E-state index in [1.54, 1.807) is 23.5 Å². The monoisotopic (exact) mass is 361 g/mol. The number of benzene rings is 2. The molecule has 0 aliphatic rings. The number of hydrogen-bond donors (Lipinski definition) is 2. The van der Waals surface area contributed by atoms with E-state index in [2.05, 4.69) is 5.32 Å². The second kappa shape index (κ2) is 9.20. The third kappa shape index (κ3) is 5.59. The lowest BCUT2D eigenvalue weighted by atomic mass is 10.1. The molecular weight excluding hydrogens is 340 g/mol. The first kappa shape index (κ1) is 19.0. The summed E-state index contributed by atoms with van der Waals surface area (Å²) in [6.45, 7) is 1.95. The zero-order valence-electron chi connectivity index (χ0n) is 14.3. The van der Waals surface area contributed by atoms with E-state index in [0.717, 1.165) is 11.1 Å². The SMILES string of the molecule is COC(=O)[C@@H](Cc1ccccc1)[NH2+]CC(=O)Nc1cccc(Cl)c1C. The predicted molar refractivity (Wildman–Crippen MR) is 97.6 cm³/mol. The van der Waals surface area contributed by atoms with Crippen LogP contribution in [0, 0.1) is 6.92 Å². The number of methoxy groups -OCH3 is 1. The highest BCUT2D eigenvalue weighted by molar-refractivity contribution is 6.31. The van der Waals surface area contributed by atoms with Gasteiger partial charge in [0.1, 0.15) is 0 Å². The number of carbonyl (C=O) groups is 2. The number of carbonyl (C=O) groups excluding carboxylic acids is 2. The molecule has 0 saturated heterocycles. The van der Waals surface area contributed by atoms with Crippen LogP contribution in [0.1, 0.15) is 11.1 Å². The van der Waals surface area contributed by atoms with Crippen molar-refractivity contribution in [1.82, 2.24) is 0 Å². The van der Waals surface area contributed by atoms with Crippen molar-refractivity contribution in [1.29, 1.82) is 0 Å². The summed E-state index contributed by atoms with van der Waals surface area (Å²) in [6.07, 6.45) is 0.497. The molecule has 0 aliphatic carbocycles. The number of anilines is 1. The molecule has 2 rings (SSSR count). The number of quaternary nitrogens is 1. The molecule has 3 N–H and O–H groups in total. The lowest BCUT2D eigenvalue weighted by molar-refractivity contribution is -0.667. The number of nitrogens with one attached hydrogen (secondary N) is 1. The Morgan fingerprint density at radius 2 is 1.88 bits per heavy atom. The van der Waals surface area contributed by atoms with Gasteiger partial charge in [-0.15, -0.1) is 0 Å². The highest BCUT2D eigenvalue weighted by Crippen LogP contribution is 2.22. The Labute approximate surface area is 152 Å². The molecule has 25 heavy (non-hydrogen) atoms. The van der Waals surface area contributed by atoms with E-state index in [9.17, 15) is 9.59 Å². The number of ether oxygens (including phenoxy) is 1. The first-order valence-electron chi connectivity index (χ1n) is 8.01. The van der Waals surface area contributed by atoms with E-state index in [-0.39, 0.29) is 18.4 Å². The van der Waals surface area contributed by atoms with Crippen LogP contribution in [0.2, 0.25) is 5.02 Å². The quantitative estimate of drug-likeness (QED) is 0.740. The van der Waals surface area contributed by atoms with Gasteiger partial charge in [0.2, 0.25) is 0 Å². The highest BCUT2D eigenvalue weighted by Gasteiger charge is 2.24. The van der Waals surface area contributed by atoms with Gasteiger partial charge in [-0.3, -0.25) is 4.79 Å². The van der Waals surface area contributed by atoms with Gasteiger partial charge >= 0.3 is 5.97 Å². The maximum absolute atomic E-state index is 12.2. The number of hydrogen-bond acceptors (Lipinski definition) is 3. The summed E-state index contributed by atoms with van der Waals surface area (Å²) in [5.74, 6) is -0.553. The zero-order chi connectivity index (χ0) is 18.2. The first-order chi connectivity index (χ1) is 12.0. The van der Waals surface area contributed by atoms with Crippen LogP contribution in [0.15, 0.2) is 48.5 Å². The van der Waals surface area contributed by atoms with Crippen molar-refractivity contribution >= 4 is 29.2 Å². The van der Waals surface area contributed by atoms with E-state index < -0.39 is 6.04 Å². The standard InChI is InChI=1S/C19H21ClN2O3/c1-13-15(20)9-6-10-16(13)22-18(23)12-21-17(19(24)25-2)11-14-7-4-3-5-8-14/h3-10,17,21H,11-12H2,1-2H3,(H,22,23)/p+1/t17-/m1/s1. The van der Waals surface area contributed by atoms with Gasteiger partial charge in [-0.2, -0.15) is 0 Å². The average molecular weight is 362 g/mol. The fraction of sp³-hybridized carbons (Fsp3) is 0.263. The molecule has 0 spiro atoms. The molecule has 0 heterocycles. The summed E-state index contributed by atoms with van der Waals surface area (Å²) < 4.78 is 4.85. The molecule has 2 aromatic carbocycles. The van der Waals surface area contributed by atoms with E-state index in [1.165, 1.54) is 7.11 Å². The third-order valence-electron chi connectivity index (χ3n) is 3.93. The Hall–Kier alpha value is -2.37. The topological polar surface area (TPSA) is 72.0 Å². The van der Waals surface area contributed by atoms with Crippen LogP contribution in [0.4, 0.5) is 5.69 Å². The Morgan fingerprint density at radius 1 is 1.16 bits per heavy atom. The molecule has 132 valence electrons. The number of amides is 1. The predicted octanol–water partition coefficient (Wildman–Crippen LogP) is 1.93. The van der Waals surface area contributed by atoms with Crippen molar-refractivity contribution in [3.8, 4) is 0 Å². The molecule has 1 atom stereocenters. The minimum absolute atomic E-state index is 0.110. The Bertz CT molecular complexity index is 735. The van der Waals surface area contributed by atoms with E-state index in [4.69, 9.17) is 16.3 Å². The zero-order valence-corrected chi connectivity index (χ0v) is 15.0. The molecule has 0 saturated carbocycles. The van der Waals surface area contributed by atoms with Gasteiger partial charge in [-0.25, -0.2) is 4.79 Å². The lowest BCUT2D eigenvalue weighted by Crippen LogP contribution is -2.94. The van der Waals surface area contributed by atoms with Gasteiger partial charge in [0.25, 0.3) is 5.91 Å². The van der Waals surface area contributed by atoms with Gasteiger partial charge in [0, 0.05) is 17.1 Å². The molecular formula is C19H22ClN2O3+. The first-order valence-corrected chi connectivity index (χ1v) is 8.39. The van der Waals surface area contributed by atoms with Crippen molar-refractivity contribution in [2.24, 2.45) is 0 Å².